The molecule has 0 atom stereocenters. The zero-order chi connectivity index (χ0) is 19.2. The minimum Gasteiger partial charge on any atom is -0.307 e. The van der Waals surface area contributed by atoms with Crippen molar-refractivity contribution in [3.8, 4) is 0 Å². The Balaban J connectivity index is 2.05. The van der Waals surface area contributed by atoms with Gasteiger partial charge in [-0.05, 0) is 18.6 Å². The smallest absolute Gasteiger partial charge is 0.307 e. The highest BCUT2D eigenvalue weighted by Crippen LogP contribution is 2.23. The van der Waals surface area contributed by atoms with Crippen molar-refractivity contribution in [2.24, 2.45) is 0 Å². The van der Waals surface area contributed by atoms with Crippen LogP contribution in [0.3, 0.4) is 0 Å². The Labute approximate surface area is 156 Å². The van der Waals surface area contributed by atoms with Gasteiger partial charge in [-0.2, -0.15) is 0 Å². The summed E-state index contributed by atoms with van der Waals surface area (Å²) in [6.07, 6.45) is 5.51. The minimum absolute atomic E-state index is 0.0250. The largest absolute Gasteiger partial charge is 0.325 e. The van der Waals surface area contributed by atoms with Gasteiger partial charge in [0.1, 0.15) is 4.21 Å². The van der Waals surface area contributed by atoms with E-state index in [2.05, 4.69) is 22.5 Å². The number of hydrogen-bond acceptors (Lipinski definition) is 6. The molecule has 0 bridgehead atoms. The Hall–Kier alpha value is -2.26. The predicted molar refractivity (Wildman–Crippen MR) is 103 cm³/mol. The first kappa shape index (κ1) is 20.1. The molecule has 26 heavy (non-hydrogen) atoms. The van der Waals surface area contributed by atoms with Crippen molar-refractivity contribution in [1.82, 2.24) is 4.98 Å². The Morgan fingerprint density at radius 2 is 1.88 bits per heavy atom. The number of ketones is 1. The van der Waals surface area contributed by atoms with Crippen LogP contribution in [0.5, 0.6) is 0 Å². The fraction of sp³-hybridized carbons (Fsp3) is 0.353. The normalized spacial score (nSPS) is 11.2. The zero-order valence-electron chi connectivity index (χ0n) is 14.6. The summed E-state index contributed by atoms with van der Waals surface area (Å²) in [6, 6.07) is 6.21. The summed E-state index contributed by atoms with van der Waals surface area (Å²) in [4.78, 5) is 28.4. The molecule has 2 rings (SSSR count). The molecule has 0 spiro atoms. The molecule has 0 unspecified atom stereocenters. The molecule has 2 aromatic rings. The number of benzene rings is 1. The third-order valence-corrected chi connectivity index (χ3v) is 6.26. The van der Waals surface area contributed by atoms with Gasteiger partial charge in [-0.15, -0.1) is 0 Å². The van der Waals surface area contributed by atoms with Gasteiger partial charge in [0.15, 0.2) is 20.8 Å². The molecule has 2 amide bonds. The second-order valence-electron chi connectivity index (χ2n) is 5.76. The molecule has 1 aromatic heterocycles. The van der Waals surface area contributed by atoms with E-state index in [0.29, 0.717) is 17.7 Å². The average molecular weight is 396 g/mol. The zero-order valence-corrected chi connectivity index (χ0v) is 16.2. The van der Waals surface area contributed by atoms with Crippen LogP contribution < -0.4 is 10.6 Å². The van der Waals surface area contributed by atoms with Gasteiger partial charge in [-0.25, -0.2) is 18.2 Å². The van der Waals surface area contributed by atoms with E-state index in [1.165, 1.54) is 6.20 Å². The molecule has 140 valence electrons. The van der Waals surface area contributed by atoms with Crippen LogP contribution in [0.4, 0.5) is 15.6 Å². The maximum atomic E-state index is 12.3. The van der Waals surface area contributed by atoms with Crippen molar-refractivity contribution in [3.63, 3.8) is 0 Å². The number of aromatic nitrogens is 1. The molecule has 0 fully saturated rings. The van der Waals surface area contributed by atoms with Crippen LogP contribution in [0.2, 0.25) is 0 Å². The summed E-state index contributed by atoms with van der Waals surface area (Å²) >= 11 is 0.865. The second-order valence-corrected chi connectivity index (χ2v) is 9.03. The lowest BCUT2D eigenvalue weighted by atomic mass is 10.0. The number of nitrogens with zero attached hydrogens (tertiary/aromatic N) is 1. The van der Waals surface area contributed by atoms with Crippen molar-refractivity contribution in [3.05, 3.63) is 36.0 Å². The first-order valence-corrected chi connectivity index (χ1v) is 10.9. The topological polar surface area (TPSA) is 105 Å². The number of carbonyl (C=O) groups excluding carboxylic acids is 2. The van der Waals surface area contributed by atoms with Gasteiger partial charge in [0.05, 0.1) is 11.9 Å². The van der Waals surface area contributed by atoms with Gasteiger partial charge in [0.25, 0.3) is 0 Å². The maximum absolute atomic E-state index is 12.3. The average Bonchev–Trinajstić information content (AvgIpc) is 3.04. The SMILES string of the molecule is CCCCCC(=O)c1ccccc1NC(=O)Nc1ncc(S(C)(=O)=O)s1. The molecular formula is C17H21N3O4S2. The number of para-hydroxylation sites is 1. The quantitative estimate of drug-likeness (QED) is 0.520. The summed E-state index contributed by atoms with van der Waals surface area (Å²) in [5, 5.41) is 5.27. The van der Waals surface area contributed by atoms with Crippen LogP contribution in [0.25, 0.3) is 0 Å². The van der Waals surface area contributed by atoms with E-state index in [1.807, 2.05) is 0 Å². The van der Waals surface area contributed by atoms with Gasteiger partial charge < -0.3 is 5.32 Å². The van der Waals surface area contributed by atoms with Gasteiger partial charge in [0.2, 0.25) is 0 Å². The first-order chi connectivity index (χ1) is 12.3. The molecule has 0 saturated heterocycles. The van der Waals surface area contributed by atoms with E-state index in [-0.39, 0.29) is 15.1 Å². The number of nitrogens with one attached hydrogen (secondary N) is 2. The minimum atomic E-state index is -3.37. The lowest BCUT2D eigenvalue weighted by Gasteiger charge is -2.10. The fourth-order valence-corrected chi connectivity index (χ4v) is 3.88. The summed E-state index contributed by atoms with van der Waals surface area (Å²) in [6.45, 7) is 2.07. The van der Waals surface area contributed by atoms with Crippen LogP contribution >= 0.6 is 11.3 Å². The Morgan fingerprint density at radius 3 is 2.54 bits per heavy atom. The summed E-state index contributed by atoms with van der Waals surface area (Å²) in [5.41, 5.74) is 0.862. The molecule has 1 heterocycles. The van der Waals surface area contributed by atoms with Gasteiger partial charge >= 0.3 is 6.03 Å². The van der Waals surface area contributed by atoms with Crippen molar-refractivity contribution in [2.75, 3.05) is 16.9 Å². The summed E-state index contributed by atoms with van der Waals surface area (Å²) in [7, 11) is -3.37. The number of rotatable bonds is 8. The highest BCUT2D eigenvalue weighted by Gasteiger charge is 2.16. The van der Waals surface area contributed by atoms with E-state index in [4.69, 9.17) is 0 Å². The number of urea groups is 1. The van der Waals surface area contributed by atoms with Crippen molar-refractivity contribution >= 4 is 43.8 Å². The van der Waals surface area contributed by atoms with E-state index < -0.39 is 15.9 Å². The van der Waals surface area contributed by atoms with Crippen molar-refractivity contribution in [2.45, 2.75) is 36.8 Å². The highest BCUT2D eigenvalue weighted by molar-refractivity contribution is 7.92. The second kappa shape index (κ2) is 8.91. The van der Waals surface area contributed by atoms with Crippen LogP contribution in [-0.2, 0) is 9.84 Å². The number of sulfone groups is 1. The predicted octanol–water partition coefficient (Wildman–Crippen LogP) is 3.95. The van der Waals surface area contributed by atoms with E-state index in [9.17, 15) is 18.0 Å². The van der Waals surface area contributed by atoms with Crippen LogP contribution in [0, 0.1) is 0 Å². The maximum Gasteiger partial charge on any atom is 0.325 e. The third kappa shape index (κ3) is 5.63. The molecule has 1 aromatic carbocycles. The fourth-order valence-electron chi connectivity index (χ4n) is 2.24. The molecule has 2 N–H and O–H groups in total. The molecule has 7 nitrogen and oxygen atoms in total. The standard InChI is InChI=1S/C17H21N3O4S2/c1-3-4-5-10-14(21)12-8-6-7-9-13(12)19-16(22)20-17-18-11-15(25-17)26(2,23)24/h6-9,11H,3-5,10H2,1-2H3,(H2,18,19,20,22). The number of anilines is 2. The molecule has 0 saturated carbocycles. The molecule has 0 aliphatic carbocycles. The molecule has 9 heteroatoms. The van der Waals surface area contributed by atoms with Crippen molar-refractivity contribution < 1.29 is 18.0 Å². The first-order valence-electron chi connectivity index (χ1n) is 8.17. The molecule has 0 radical (unpaired) electrons. The van der Waals surface area contributed by atoms with Gasteiger partial charge in [0, 0.05) is 18.2 Å². The van der Waals surface area contributed by atoms with E-state index in [1.54, 1.807) is 24.3 Å². The van der Waals surface area contributed by atoms with E-state index >= 15 is 0 Å². The Morgan fingerprint density at radius 1 is 1.15 bits per heavy atom. The third-order valence-electron chi connectivity index (χ3n) is 3.55. The molecule has 0 aliphatic heterocycles. The Bertz CT molecular complexity index is 891. The lowest BCUT2D eigenvalue weighted by Crippen LogP contribution is -2.20. The summed E-state index contributed by atoms with van der Waals surface area (Å²) in [5.74, 6) is -0.0250. The summed E-state index contributed by atoms with van der Waals surface area (Å²) < 4.78 is 23.0. The molecule has 0 aliphatic rings. The molecular weight excluding hydrogens is 374 g/mol. The van der Waals surface area contributed by atoms with Crippen LogP contribution in [-0.4, -0.2) is 31.5 Å². The number of carbonyl (C=O) groups is 2. The number of amides is 2. The Kier molecular flexibility index (Phi) is 6.87. The van der Waals surface area contributed by atoms with Gasteiger partial charge in [-0.3, -0.25) is 10.1 Å². The van der Waals surface area contributed by atoms with Crippen LogP contribution in [0.1, 0.15) is 43.0 Å². The van der Waals surface area contributed by atoms with E-state index in [0.717, 1.165) is 36.9 Å². The number of unbranched alkanes of at least 4 members (excludes halogenated alkanes) is 2. The number of Topliss-reactive ketones (excluding diaryl/α,β-unsaturated/α-hetero) is 1. The monoisotopic (exact) mass is 395 g/mol. The highest BCUT2D eigenvalue weighted by atomic mass is 32.2. The lowest BCUT2D eigenvalue weighted by molar-refractivity contribution is 0.0980. The van der Waals surface area contributed by atoms with Crippen molar-refractivity contribution in [1.29, 1.82) is 0 Å². The number of thiazole rings is 1. The van der Waals surface area contributed by atoms with Crippen LogP contribution in [0.15, 0.2) is 34.7 Å². The van der Waals surface area contributed by atoms with Gasteiger partial charge in [-0.1, -0.05) is 43.2 Å². The number of hydrogen-bond donors (Lipinski definition) is 2.